The fraction of sp³-hybridized carbons (Fsp3) is 0.0952. The summed E-state index contributed by atoms with van der Waals surface area (Å²) in [5, 5.41) is 16.1. The molecule has 1 aromatic carbocycles. The maximum atomic E-state index is 11.9. The van der Waals surface area contributed by atoms with E-state index in [0.29, 0.717) is 6.42 Å². The number of benzene rings is 1. The van der Waals surface area contributed by atoms with E-state index >= 15 is 0 Å². The van der Waals surface area contributed by atoms with Gasteiger partial charge < -0.3 is 4.98 Å². The van der Waals surface area contributed by atoms with E-state index in [1.807, 2.05) is 6.07 Å². The lowest BCUT2D eigenvalue weighted by atomic mass is 10.0. The van der Waals surface area contributed by atoms with E-state index in [4.69, 9.17) is 5.26 Å². The number of aryl methyl sites for hydroxylation is 1. The van der Waals surface area contributed by atoms with Gasteiger partial charge in [0, 0.05) is 34.0 Å². The molecule has 0 spiro atoms. The van der Waals surface area contributed by atoms with Crippen molar-refractivity contribution in [2.45, 2.75) is 13.3 Å². The minimum absolute atomic E-state index is 0.238. The number of carbonyl (C=O) groups is 1. The van der Waals surface area contributed by atoms with Crippen molar-refractivity contribution in [2.24, 2.45) is 0 Å². The van der Waals surface area contributed by atoms with Crippen LogP contribution in [-0.2, 0) is 6.42 Å². The van der Waals surface area contributed by atoms with Gasteiger partial charge in [0.15, 0.2) is 6.19 Å². The van der Waals surface area contributed by atoms with Crippen LogP contribution in [0.3, 0.4) is 0 Å². The number of H-pyrrole nitrogens is 1. The summed E-state index contributed by atoms with van der Waals surface area (Å²) in [5.74, 6) is -0.494. The number of aromatic amines is 1. The number of hydrogen-bond acceptors (Lipinski definition) is 4. The number of thiophene rings is 1. The van der Waals surface area contributed by atoms with Gasteiger partial charge in [0.05, 0.1) is 5.69 Å². The van der Waals surface area contributed by atoms with Crippen molar-refractivity contribution in [3.8, 4) is 17.5 Å². The first-order valence-corrected chi connectivity index (χ1v) is 9.39. The summed E-state index contributed by atoms with van der Waals surface area (Å²) in [7, 11) is 0. The van der Waals surface area contributed by atoms with Crippen LogP contribution < -0.4 is 5.32 Å². The Balaban J connectivity index is 1.80. The number of nitriles is 1. The van der Waals surface area contributed by atoms with Crippen LogP contribution in [0.2, 0.25) is 0 Å². The van der Waals surface area contributed by atoms with Crippen molar-refractivity contribution < 1.29 is 4.79 Å². The number of hydrogen-bond donors (Lipinski definition) is 2. The third-order valence-corrected chi connectivity index (χ3v) is 5.12. The molecular weight excluding hydrogens is 356 g/mol. The first-order chi connectivity index (χ1) is 13.2. The third kappa shape index (κ3) is 3.33. The van der Waals surface area contributed by atoms with Gasteiger partial charge in [-0.15, -0.1) is 0 Å². The minimum atomic E-state index is -0.494. The van der Waals surface area contributed by atoms with Gasteiger partial charge >= 0.3 is 0 Å². The molecule has 0 bridgehead atoms. The van der Waals surface area contributed by atoms with Gasteiger partial charge in [-0.05, 0) is 47.7 Å². The molecule has 3 heterocycles. The Morgan fingerprint density at radius 3 is 2.96 bits per heavy atom. The minimum Gasteiger partial charge on any atom is -0.354 e. The van der Waals surface area contributed by atoms with Gasteiger partial charge in [0.2, 0.25) is 0 Å². The molecule has 1 amide bonds. The largest absolute Gasteiger partial charge is 0.354 e. The molecule has 2 N–H and O–H groups in total. The van der Waals surface area contributed by atoms with Crippen LogP contribution in [-0.4, -0.2) is 15.9 Å². The average Bonchev–Trinajstić information content (AvgIpc) is 3.30. The van der Waals surface area contributed by atoms with Crippen LogP contribution >= 0.6 is 11.3 Å². The summed E-state index contributed by atoms with van der Waals surface area (Å²) in [4.78, 5) is 19.9. The molecule has 0 fully saturated rings. The third-order valence-electron chi connectivity index (χ3n) is 4.44. The molecule has 4 aromatic rings. The second-order valence-electron chi connectivity index (χ2n) is 6.30. The normalized spacial score (nSPS) is 10.7. The first kappa shape index (κ1) is 17.0. The lowest BCUT2D eigenvalue weighted by Crippen LogP contribution is -2.19. The topological polar surface area (TPSA) is 81.6 Å². The highest BCUT2D eigenvalue weighted by Gasteiger charge is 2.16. The van der Waals surface area contributed by atoms with Gasteiger partial charge in [0.1, 0.15) is 5.69 Å². The number of amides is 1. The Bertz CT molecular complexity index is 1170. The summed E-state index contributed by atoms with van der Waals surface area (Å²) < 4.78 is 0. The predicted molar refractivity (Wildman–Crippen MR) is 106 cm³/mol. The Morgan fingerprint density at radius 2 is 2.19 bits per heavy atom. The molecular formula is C21H16N4OS. The molecule has 0 saturated heterocycles. The molecule has 27 heavy (non-hydrogen) atoms. The molecule has 5 nitrogen and oxygen atoms in total. The molecule has 0 atom stereocenters. The van der Waals surface area contributed by atoms with Crippen LogP contribution in [0.5, 0.6) is 0 Å². The molecule has 4 rings (SSSR count). The Morgan fingerprint density at radius 1 is 1.30 bits per heavy atom. The van der Waals surface area contributed by atoms with Crippen LogP contribution in [0.15, 0.2) is 53.2 Å². The lowest BCUT2D eigenvalue weighted by molar-refractivity contribution is 0.0968. The van der Waals surface area contributed by atoms with Gasteiger partial charge in [-0.1, -0.05) is 18.2 Å². The van der Waals surface area contributed by atoms with E-state index in [1.165, 1.54) is 5.56 Å². The summed E-state index contributed by atoms with van der Waals surface area (Å²) >= 11 is 1.66. The second-order valence-corrected chi connectivity index (χ2v) is 7.08. The molecule has 6 heteroatoms. The highest BCUT2D eigenvalue weighted by molar-refractivity contribution is 7.08. The smallest absolute Gasteiger partial charge is 0.282 e. The van der Waals surface area contributed by atoms with Crippen molar-refractivity contribution in [2.75, 3.05) is 0 Å². The number of carbonyl (C=O) groups excluding carboxylic acids is 1. The SMILES string of the molecule is Cc1ccc2c(Cc3cccc(C(=O)NC#N)n3)c(-c3ccsc3)[nH]c2c1. The molecule has 0 aliphatic heterocycles. The molecule has 0 saturated carbocycles. The van der Waals surface area contributed by atoms with Crippen molar-refractivity contribution >= 4 is 28.1 Å². The Labute approximate surface area is 160 Å². The molecule has 0 aliphatic carbocycles. The highest BCUT2D eigenvalue weighted by atomic mass is 32.1. The first-order valence-electron chi connectivity index (χ1n) is 8.45. The molecule has 132 valence electrons. The monoisotopic (exact) mass is 372 g/mol. The zero-order valence-electron chi connectivity index (χ0n) is 14.6. The van der Waals surface area contributed by atoms with Gasteiger partial charge in [-0.3, -0.25) is 10.1 Å². The Hall–Kier alpha value is -3.43. The second kappa shape index (κ2) is 7.06. The summed E-state index contributed by atoms with van der Waals surface area (Å²) in [6.45, 7) is 2.07. The van der Waals surface area contributed by atoms with Crippen LogP contribution in [0, 0.1) is 18.4 Å². The standard InChI is InChI=1S/C21H16N4OS/c1-13-5-6-16-17(20(25-19(16)9-13)14-7-8-27-11-14)10-15-3-2-4-18(24-15)21(26)23-12-22/h2-9,11,25H,10H2,1H3,(H,23,26). The van der Waals surface area contributed by atoms with Gasteiger partial charge in [-0.25, -0.2) is 4.98 Å². The van der Waals surface area contributed by atoms with E-state index in [2.05, 4.69) is 57.2 Å². The summed E-state index contributed by atoms with van der Waals surface area (Å²) in [5.41, 5.74) is 6.66. The fourth-order valence-corrected chi connectivity index (χ4v) is 3.85. The number of rotatable bonds is 4. The zero-order chi connectivity index (χ0) is 18.8. The molecule has 0 unspecified atom stereocenters. The number of aromatic nitrogens is 2. The zero-order valence-corrected chi connectivity index (χ0v) is 15.4. The van der Waals surface area contributed by atoms with Crippen LogP contribution in [0.25, 0.3) is 22.2 Å². The number of nitrogens with zero attached hydrogens (tertiary/aromatic N) is 2. The van der Waals surface area contributed by atoms with Crippen molar-refractivity contribution in [3.63, 3.8) is 0 Å². The maximum Gasteiger partial charge on any atom is 0.282 e. The molecule has 3 aromatic heterocycles. The number of nitrogens with one attached hydrogen (secondary N) is 2. The average molecular weight is 372 g/mol. The predicted octanol–water partition coefficient (Wildman–Crippen LogP) is 4.40. The van der Waals surface area contributed by atoms with E-state index in [1.54, 1.807) is 29.7 Å². The van der Waals surface area contributed by atoms with Crippen molar-refractivity contribution in [1.29, 1.82) is 5.26 Å². The van der Waals surface area contributed by atoms with E-state index in [0.717, 1.165) is 33.4 Å². The molecule has 0 radical (unpaired) electrons. The quantitative estimate of drug-likeness (QED) is 0.411. The van der Waals surface area contributed by atoms with E-state index in [-0.39, 0.29) is 5.69 Å². The van der Waals surface area contributed by atoms with Crippen LogP contribution in [0.4, 0.5) is 0 Å². The maximum absolute atomic E-state index is 11.9. The van der Waals surface area contributed by atoms with E-state index < -0.39 is 5.91 Å². The summed E-state index contributed by atoms with van der Waals surface area (Å²) in [6, 6.07) is 13.7. The van der Waals surface area contributed by atoms with Gasteiger partial charge in [0.25, 0.3) is 5.91 Å². The fourth-order valence-electron chi connectivity index (χ4n) is 3.21. The summed E-state index contributed by atoms with van der Waals surface area (Å²) in [6.07, 6.45) is 2.23. The van der Waals surface area contributed by atoms with Crippen molar-refractivity contribution in [3.05, 3.63) is 75.7 Å². The Kier molecular flexibility index (Phi) is 4.45. The lowest BCUT2D eigenvalue weighted by Gasteiger charge is -2.06. The molecule has 0 aliphatic rings. The number of pyridine rings is 1. The van der Waals surface area contributed by atoms with Crippen molar-refractivity contribution in [1.82, 2.24) is 15.3 Å². The van der Waals surface area contributed by atoms with Gasteiger partial charge in [-0.2, -0.15) is 16.6 Å². The highest BCUT2D eigenvalue weighted by Crippen LogP contribution is 2.33. The number of fused-ring (bicyclic) bond motifs is 1. The van der Waals surface area contributed by atoms with Crippen LogP contribution in [0.1, 0.15) is 27.3 Å². The van der Waals surface area contributed by atoms with E-state index in [9.17, 15) is 4.79 Å².